The second-order valence-corrected chi connectivity index (χ2v) is 5.67. The molecule has 8 heteroatoms. The van der Waals surface area contributed by atoms with Crippen LogP contribution in [0.3, 0.4) is 0 Å². The lowest BCUT2D eigenvalue weighted by Crippen LogP contribution is -2.21. The summed E-state index contributed by atoms with van der Waals surface area (Å²) in [5, 5.41) is 12.9. The van der Waals surface area contributed by atoms with Crippen molar-refractivity contribution in [3.8, 4) is 0 Å². The highest BCUT2D eigenvalue weighted by Gasteiger charge is 2.17. The molecule has 0 amide bonds. The van der Waals surface area contributed by atoms with Crippen molar-refractivity contribution in [1.29, 1.82) is 0 Å². The number of rotatable bonds is 4. The number of anilines is 1. The molecule has 0 saturated carbocycles. The van der Waals surface area contributed by atoms with E-state index in [0.717, 1.165) is 0 Å². The molecule has 112 valence electrons. The van der Waals surface area contributed by atoms with Gasteiger partial charge in [-0.25, -0.2) is 4.98 Å². The number of hydrogen-bond acceptors (Lipinski definition) is 6. The van der Waals surface area contributed by atoms with E-state index in [1.165, 1.54) is 17.4 Å². The van der Waals surface area contributed by atoms with E-state index in [2.05, 4.69) is 9.97 Å². The number of nitrogens with zero attached hydrogens (tertiary/aromatic N) is 3. The molecule has 0 aliphatic rings. The van der Waals surface area contributed by atoms with Crippen LogP contribution in [0.4, 0.5) is 11.4 Å². The number of aromatic nitrogens is 2. The number of nitrogens with one attached hydrogen (secondary N) is 1. The maximum atomic E-state index is 11.9. The Morgan fingerprint density at radius 2 is 2.14 bits per heavy atom. The fourth-order valence-corrected chi connectivity index (χ4v) is 2.97. The van der Waals surface area contributed by atoms with Crippen molar-refractivity contribution in [3.05, 3.63) is 62.0 Å². The smallest absolute Gasteiger partial charge is 0.292 e. The van der Waals surface area contributed by atoms with Crippen molar-refractivity contribution < 1.29 is 4.92 Å². The van der Waals surface area contributed by atoms with Crippen LogP contribution in [-0.2, 0) is 6.54 Å². The van der Waals surface area contributed by atoms with Gasteiger partial charge in [0.2, 0.25) is 0 Å². The molecule has 0 spiro atoms. The maximum absolute atomic E-state index is 11.9. The molecule has 2 aromatic heterocycles. The average Bonchev–Trinajstić information content (AvgIpc) is 2.96. The molecule has 0 atom stereocenters. The Labute approximate surface area is 129 Å². The number of thiophene rings is 1. The second-order valence-electron chi connectivity index (χ2n) is 4.75. The molecule has 0 saturated heterocycles. The number of nitro benzene ring substituents is 1. The van der Waals surface area contributed by atoms with E-state index in [-0.39, 0.29) is 17.8 Å². The summed E-state index contributed by atoms with van der Waals surface area (Å²) in [6.07, 6.45) is 0. The molecule has 7 nitrogen and oxygen atoms in total. The van der Waals surface area contributed by atoms with Gasteiger partial charge in [0.25, 0.3) is 11.2 Å². The zero-order chi connectivity index (χ0) is 15.7. The van der Waals surface area contributed by atoms with E-state index in [0.29, 0.717) is 21.7 Å². The molecular weight excluding hydrogens is 304 g/mol. The Morgan fingerprint density at radius 1 is 1.36 bits per heavy atom. The Hall–Kier alpha value is -2.74. The Bertz CT molecular complexity index is 902. The molecule has 22 heavy (non-hydrogen) atoms. The molecule has 0 fully saturated rings. The van der Waals surface area contributed by atoms with Gasteiger partial charge in [0.15, 0.2) is 0 Å². The molecule has 3 aromatic rings. The van der Waals surface area contributed by atoms with Crippen molar-refractivity contribution in [3.63, 3.8) is 0 Å². The van der Waals surface area contributed by atoms with E-state index in [9.17, 15) is 14.9 Å². The largest absolute Gasteiger partial charge is 0.362 e. The number of fused-ring (bicyclic) bond motifs is 1. The number of para-hydroxylation sites is 2. The first-order valence-corrected chi connectivity index (χ1v) is 7.35. The highest BCUT2D eigenvalue weighted by molar-refractivity contribution is 7.17. The minimum absolute atomic E-state index is 0.0176. The summed E-state index contributed by atoms with van der Waals surface area (Å²) in [4.78, 5) is 31.4. The van der Waals surface area contributed by atoms with Gasteiger partial charge in [-0.1, -0.05) is 12.1 Å². The number of nitro groups is 1. The van der Waals surface area contributed by atoms with Crippen LogP contribution in [0.15, 0.2) is 40.5 Å². The van der Waals surface area contributed by atoms with Gasteiger partial charge in [0.05, 0.1) is 17.0 Å². The van der Waals surface area contributed by atoms with Gasteiger partial charge < -0.3 is 9.88 Å². The third kappa shape index (κ3) is 2.56. The van der Waals surface area contributed by atoms with Gasteiger partial charge in [-0.2, -0.15) is 0 Å². The zero-order valence-corrected chi connectivity index (χ0v) is 12.5. The second kappa shape index (κ2) is 5.57. The fourth-order valence-electron chi connectivity index (χ4n) is 2.25. The number of H-pyrrole nitrogens is 1. The number of aromatic amines is 1. The molecule has 0 aliphatic heterocycles. The van der Waals surface area contributed by atoms with Crippen molar-refractivity contribution >= 4 is 32.9 Å². The molecular formula is C14H12N4O3S. The maximum Gasteiger partial charge on any atom is 0.292 e. The van der Waals surface area contributed by atoms with Crippen LogP contribution < -0.4 is 10.5 Å². The van der Waals surface area contributed by atoms with Crippen LogP contribution >= 0.6 is 11.3 Å². The normalized spacial score (nSPS) is 10.8. The molecule has 1 N–H and O–H groups in total. The van der Waals surface area contributed by atoms with Crippen LogP contribution in [0.25, 0.3) is 10.2 Å². The third-order valence-electron chi connectivity index (χ3n) is 3.24. The lowest BCUT2D eigenvalue weighted by molar-refractivity contribution is -0.384. The summed E-state index contributed by atoms with van der Waals surface area (Å²) in [6.45, 7) is 0.270. The quantitative estimate of drug-likeness (QED) is 0.590. The van der Waals surface area contributed by atoms with Gasteiger partial charge in [0.1, 0.15) is 16.2 Å². The SMILES string of the molecule is CN(Cc1nc2ccsc2c(=O)[nH]1)c1ccccc1[N+](=O)[O-]. The van der Waals surface area contributed by atoms with Crippen LogP contribution in [0.5, 0.6) is 0 Å². The molecule has 3 rings (SSSR count). The molecule has 0 unspecified atom stereocenters. The van der Waals surface area contributed by atoms with E-state index >= 15 is 0 Å². The Balaban J connectivity index is 1.95. The molecule has 0 bridgehead atoms. The first kappa shape index (κ1) is 14.2. The predicted octanol–water partition coefficient (Wildman–Crippen LogP) is 2.53. The molecule has 0 aliphatic carbocycles. The van der Waals surface area contributed by atoms with Crippen LogP contribution in [0, 0.1) is 10.1 Å². The van der Waals surface area contributed by atoms with Crippen molar-refractivity contribution in [2.75, 3.05) is 11.9 Å². The van der Waals surface area contributed by atoms with Crippen molar-refractivity contribution in [2.24, 2.45) is 0 Å². The Kier molecular flexibility index (Phi) is 3.60. The van der Waals surface area contributed by atoms with Gasteiger partial charge >= 0.3 is 0 Å². The monoisotopic (exact) mass is 316 g/mol. The van der Waals surface area contributed by atoms with E-state index in [4.69, 9.17) is 0 Å². The van der Waals surface area contributed by atoms with Gasteiger partial charge in [-0.15, -0.1) is 11.3 Å². The average molecular weight is 316 g/mol. The van der Waals surface area contributed by atoms with Gasteiger partial charge in [-0.05, 0) is 17.5 Å². The standard InChI is InChI=1S/C14H12N4O3S/c1-17(10-4-2-3-5-11(10)18(20)21)8-12-15-9-6-7-22-13(9)14(19)16-12/h2-7H,8H2,1H3,(H,15,16,19). The highest BCUT2D eigenvalue weighted by Crippen LogP contribution is 2.27. The molecule has 2 heterocycles. The van der Waals surface area contributed by atoms with Crippen molar-refractivity contribution in [1.82, 2.24) is 9.97 Å². The van der Waals surface area contributed by atoms with Crippen LogP contribution in [0.1, 0.15) is 5.82 Å². The van der Waals surface area contributed by atoms with E-state index in [1.54, 1.807) is 36.2 Å². The van der Waals surface area contributed by atoms with E-state index in [1.807, 2.05) is 5.38 Å². The lowest BCUT2D eigenvalue weighted by Gasteiger charge is -2.18. The summed E-state index contributed by atoms with van der Waals surface area (Å²) in [5.74, 6) is 0.469. The summed E-state index contributed by atoms with van der Waals surface area (Å²) in [5.41, 5.74) is 0.940. The molecule has 0 radical (unpaired) electrons. The highest BCUT2D eigenvalue weighted by atomic mass is 32.1. The summed E-state index contributed by atoms with van der Waals surface area (Å²) < 4.78 is 0.581. The van der Waals surface area contributed by atoms with Crippen molar-refractivity contribution in [2.45, 2.75) is 6.54 Å². The predicted molar refractivity (Wildman–Crippen MR) is 85.4 cm³/mol. The van der Waals surface area contributed by atoms with Crippen LogP contribution in [0.2, 0.25) is 0 Å². The topological polar surface area (TPSA) is 92.1 Å². The fraction of sp³-hybridized carbons (Fsp3) is 0.143. The summed E-state index contributed by atoms with van der Waals surface area (Å²) in [7, 11) is 1.72. The van der Waals surface area contributed by atoms with Gasteiger partial charge in [0, 0.05) is 13.1 Å². The number of hydrogen-bond donors (Lipinski definition) is 1. The lowest BCUT2D eigenvalue weighted by atomic mass is 10.2. The first-order valence-electron chi connectivity index (χ1n) is 6.47. The first-order chi connectivity index (χ1) is 10.6. The number of benzene rings is 1. The van der Waals surface area contributed by atoms with E-state index < -0.39 is 4.92 Å². The summed E-state index contributed by atoms with van der Waals surface area (Å²) in [6, 6.07) is 8.25. The summed E-state index contributed by atoms with van der Waals surface area (Å²) >= 11 is 1.34. The minimum Gasteiger partial charge on any atom is -0.362 e. The van der Waals surface area contributed by atoms with Gasteiger partial charge in [-0.3, -0.25) is 14.9 Å². The third-order valence-corrected chi connectivity index (χ3v) is 4.14. The molecule has 1 aromatic carbocycles. The Morgan fingerprint density at radius 3 is 2.91 bits per heavy atom. The van der Waals surface area contributed by atoms with Crippen LogP contribution in [-0.4, -0.2) is 21.9 Å². The minimum atomic E-state index is -0.427. The zero-order valence-electron chi connectivity index (χ0n) is 11.6.